The number of rotatable bonds is 10. The summed E-state index contributed by atoms with van der Waals surface area (Å²) < 4.78 is 22.1. The van der Waals surface area contributed by atoms with Crippen LogP contribution in [0.15, 0.2) is 0 Å². The maximum Gasteiger partial charge on any atom is 0.186 e. The predicted molar refractivity (Wildman–Crippen MR) is 102 cm³/mol. The van der Waals surface area contributed by atoms with E-state index >= 15 is 0 Å². The van der Waals surface area contributed by atoms with Crippen molar-refractivity contribution >= 4 is 0 Å². The fourth-order valence-corrected chi connectivity index (χ4v) is 3.63. The summed E-state index contributed by atoms with van der Waals surface area (Å²) in [5, 5.41) is 78.4. The zero-order chi connectivity index (χ0) is 23.3. The van der Waals surface area contributed by atoms with Crippen molar-refractivity contribution in [2.45, 2.75) is 88.1 Å². The van der Waals surface area contributed by atoms with Crippen LogP contribution in [0.2, 0.25) is 0 Å². The summed E-state index contributed by atoms with van der Waals surface area (Å²) in [7, 11) is 0. The molecule has 31 heavy (non-hydrogen) atoms. The second kappa shape index (κ2) is 11.6. The molecule has 8 N–H and O–H groups in total. The first kappa shape index (κ1) is 26.8. The van der Waals surface area contributed by atoms with Gasteiger partial charge >= 0.3 is 0 Å². The van der Waals surface area contributed by atoms with Crippen molar-refractivity contribution in [2.24, 2.45) is 5.41 Å². The van der Waals surface area contributed by atoms with Gasteiger partial charge in [-0.2, -0.15) is 0 Å². The lowest BCUT2D eigenvalue weighted by Crippen LogP contribution is -2.60. The Morgan fingerprint density at radius 3 is 1.26 bits per heavy atom. The summed E-state index contributed by atoms with van der Waals surface area (Å²) in [6, 6.07) is 0. The molecule has 2 saturated heterocycles. The summed E-state index contributed by atoms with van der Waals surface area (Å²) >= 11 is 0. The third kappa shape index (κ3) is 5.91. The minimum atomic E-state index is -1.56. The van der Waals surface area contributed by atoms with Gasteiger partial charge in [0, 0.05) is 5.41 Å². The Balaban J connectivity index is 2.00. The fraction of sp³-hybridized carbons (Fsp3) is 1.00. The highest BCUT2D eigenvalue weighted by Gasteiger charge is 2.46. The standard InChI is InChI=1S/C19H36O12/c1-3-19(4-2,7-28-17-15(26)13(24)11(22)9(5-20)30-17)8-29-18-16(27)14(25)12(23)10(6-21)31-18/h9-18,20-27H,3-8H2,1-2H3/t9?,10?,11-,12-,13+,14+,15+,16?,17?,18-/m0/s1. The molecule has 2 aliphatic heterocycles. The molecule has 2 fully saturated rings. The molecule has 0 bridgehead atoms. The van der Waals surface area contributed by atoms with Crippen LogP contribution in [-0.2, 0) is 18.9 Å². The zero-order valence-electron chi connectivity index (χ0n) is 17.7. The molecule has 2 aliphatic rings. The van der Waals surface area contributed by atoms with Gasteiger partial charge in [0.15, 0.2) is 12.6 Å². The van der Waals surface area contributed by atoms with Crippen LogP contribution in [0.5, 0.6) is 0 Å². The van der Waals surface area contributed by atoms with Gasteiger partial charge in [-0.1, -0.05) is 13.8 Å². The van der Waals surface area contributed by atoms with Crippen molar-refractivity contribution in [1.29, 1.82) is 0 Å². The van der Waals surface area contributed by atoms with Crippen molar-refractivity contribution in [3.05, 3.63) is 0 Å². The predicted octanol–water partition coefficient (Wildman–Crippen LogP) is -3.57. The first-order chi connectivity index (χ1) is 14.6. The van der Waals surface area contributed by atoms with Gasteiger partial charge in [0.05, 0.1) is 26.4 Å². The average molecular weight is 456 g/mol. The van der Waals surface area contributed by atoms with E-state index in [0.29, 0.717) is 12.8 Å². The van der Waals surface area contributed by atoms with E-state index in [0.717, 1.165) is 0 Å². The molecule has 12 nitrogen and oxygen atoms in total. The number of ether oxygens (including phenoxy) is 4. The number of hydrogen-bond donors (Lipinski definition) is 8. The third-order valence-corrected chi connectivity index (χ3v) is 6.30. The second-order valence-corrected chi connectivity index (χ2v) is 8.22. The summed E-state index contributed by atoms with van der Waals surface area (Å²) in [6.07, 6.45) is -12.8. The largest absolute Gasteiger partial charge is 0.394 e. The normalized spacial score (nSPS) is 42.0. The van der Waals surface area contributed by atoms with Gasteiger partial charge in [0.2, 0.25) is 0 Å². The monoisotopic (exact) mass is 456 g/mol. The summed E-state index contributed by atoms with van der Waals surface area (Å²) in [5.41, 5.74) is -0.641. The molecule has 4 unspecified atom stereocenters. The molecular weight excluding hydrogens is 420 g/mol. The number of hydrogen-bond acceptors (Lipinski definition) is 12. The first-order valence-electron chi connectivity index (χ1n) is 10.5. The highest BCUT2D eigenvalue weighted by atomic mass is 16.7. The highest BCUT2D eigenvalue weighted by molar-refractivity contribution is 4.91. The molecule has 0 spiro atoms. The van der Waals surface area contributed by atoms with Crippen LogP contribution in [0, 0.1) is 5.41 Å². The number of aliphatic hydroxyl groups is 8. The van der Waals surface area contributed by atoms with E-state index in [-0.39, 0.29) is 13.2 Å². The fourth-order valence-electron chi connectivity index (χ4n) is 3.63. The Hall–Kier alpha value is -0.480. The molecule has 0 aromatic rings. The lowest BCUT2D eigenvalue weighted by molar-refractivity contribution is -0.318. The molecule has 0 radical (unpaired) electrons. The van der Waals surface area contributed by atoms with Crippen LogP contribution in [0.1, 0.15) is 26.7 Å². The van der Waals surface area contributed by atoms with Crippen LogP contribution in [0.4, 0.5) is 0 Å². The van der Waals surface area contributed by atoms with E-state index in [2.05, 4.69) is 0 Å². The van der Waals surface area contributed by atoms with Gasteiger partial charge in [-0.15, -0.1) is 0 Å². The van der Waals surface area contributed by atoms with Crippen LogP contribution in [-0.4, -0.2) is 129 Å². The summed E-state index contributed by atoms with van der Waals surface area (Å²) in [4.78, 5) is 0. The van der Waals surface area contributed by atoms with Crippen LogP contribution in [0.3, 0.4) is 0 Å². The van der Waals surface area contributed by atoms with Crippen LogP contribution < -0.4 is 0 Å². The molecule has 0 aromatic heterocycles. The summed E-state index contributed by atoms with van der Waals surface area (Å²) in [6.45, 7) is 2.60. The molecule has 12 heteroatoms. The van der Waals surface area contributed by atoms with E-state index in [9.17, 15) is 40.9 Å². The smallest absolute Gasteiger partial charge is 0.186 e. The maximum atomic E-state index is 10.1. The topological polar surface area (TPSA) is 199 Å². The van der Waals surface area contributed by atoms with Crippen molar-refractivity contribution in [2.75, 3.05) is 26.4 Å². The van der Waals surface area contributed by atoms with Crippen molar-refractivity contribution in [3.63, 3.8) is 0 Å². The van der Waals surface area contributed by atoms with Gasteiger partial charge in [0.25, 0.3) is 0 Å². The van der Waals surface area contributed by atoms with Crippen LogP contribution in [0.25, 0.3) is 0 Å². The highest BCUT2D eigenvalue weighted by Crippen LogP contribution is 2.32. The minimum Gasteiger partial charge on any atom is -0.394 e. The lowest BCUT2D eigenvalue weighted by atomic mass is 9.84. The third-order valence-electron chi connectivity index (χ3n) is 6.30. The molecule has 10 atom stereocenters. The quantitative estimate of drug-likeness (QED) is 0.161. The molecule has 2 rings (SSSR count). The van der Waals surface area contributed by atoms with Gasteiger partial charge in [0.1, 0.15) is 48.8 Å². The Labute approximate surface area is 180 Å². The van der Waals surface area contributed by atoms with Crippen LogP contribution >= 0.6 is 0 Å². The second-order valence-electron chi connectivity index (χ2n) is 8.22. The molecule has 2 heterocycles. The van der Waals surface area contributed by atoms with Gasteiger partial charge in [-0.3, -0.25) is 0 Å². The maximum absolute atomic E-state index is 10.1. The molecule has 0 aromatic carbocycles. The van der Waals surface area contributed by atoms with Crippen molar-refractivity contribution in [1.82, 2.24) is 0 Å². The lowest BCUT2D eigenvalue weighted by Gasteiger charge is -2.43. The van der Waals surface area contributed by atoms with Gasteiger partial charge in [-0.05, 0) is 12.8 Å². The van der Waals surface area contributed by atoms with E-state index in [1.807, 2.05) is 13.8 Å². The minimum absolute atomic E-state index is 0.000112. The van der Waals surface area contributed by atoms with Gasteiger partial charge in [-0.25, -0.2) is 0 Å². The van der Waals surface area contributed by atoms with E-state index in [1.165, 1.54) is 0 Å². The van der Waals surface area contributed by atoms with Crippen molar-refractivity contribution < 1.29 is 59.8 Å². The Kier molecular flexibility index (Phi) is 10.0. The average Bonchev–Trinajstić information content (AvgIpc) is 2.78. The van der Waals surface area contributed by atoms with Crippen molar-refractivity contribution in [3.8, 4) is 0 Å². The molecule has 184 valence electrons. The van der Waals surface area contributed by atoms with E-state index in [1.54, 1.807) is 0 Å². The Morgan fingerprint density at radius 2 is 0.968 bits per heavy atom. The Bertz CT molecular complexity index is 486. The molecule has 0 aliphatic carbocycles. The molecule has 0 amide bonds. The van der Waals surface area contributed by atoms with E-state index < -0.39 is 80.0 Å². The van der Waals surface area contributed by atoms with E-state index in [4.69, 9.17) is 18.9 Å². The Morgan fingerprint density at radius 1 is 0.613 bits per heavy atom. The number of aliphatic hydroxyl groups excluding tert-OH is 8. The SMILES string of the molecule is CCC(CC)(COC1OC(CO)[C@H](O)[C@@H](O)[C@H]1O)CO[C@H]1OC(CO)[C@H](O)[C@@H](O)C1O. The first-order valence-corrected chi connectivity index (χ1v) is 10.5. The zero-order valence-corrected chi connectivity index (χ0v) is 17.7. The van der Waals surface area contributed by atoms with Gasteiger partial charge < -0.3 is 59.8 Å². The molecular formula is C19H36O12. The molecule has 0 saturated carbocycles. The summed E-state index contributed by atoms with van der Waals surface area (Å²) in [5.74, 6) is 0.